The van der Waals surface area contributed by atoms with Crippen molar-refractivity contribution in [2.24, 2.45) is 15.4 Å². The second-order valence-electron chi connectivity index (χ2n) is 6.88. The van der Waals surface area contributed by atoms with Crippen molar-refractivity contribution in [2.45, 2.75) is 71.8 Å². The number of Topliss-reactive ketones (excluding diaryl/α,β-unsaturated/α-hetero) is 1. The lowest BCUT2D eigenvalue weighted by atomic mass is 9.74. The number of rotatable bonds is 5. The van der Waals surface area contributed by atoms with Crippen LogP contribution in [0.5, 0.6) is 0 Å². The second-order valence-corrected chi connectivity index (χ2v) is 6.88. The molecule has 0 aliphatic heterocycles. The van der Waals surface area contributed by atoms with Gasteiger partial charge in [-0.1, -0.05) is 32.8 Å². The van der Waals surface area contributed by atoms with Crippen molar-refractivity contribution in [2.75, 3.05) is 0 Å². The van der Waals surface area contributed by atoms with Crippen LogP contribution < -0.4 is 0 Å². The van der Waals surface area contributed by atoms with Crippen LogP contribution in [0.25, 0.3) is 0 Å². The Morgan fingerprint density at radius 1 is 1.15 bits per heavy atom. The van der Waals surface area contributed by atoms with Crippen LogP contribution in [0.15, 0.2) is 21.1 Å². The second kappa shape index (κ2) is 9.57. The molecule has 6 nitrogen and oxygen atoms in total. The van der Waals surface area contributed by atoms with E-state index in [0.29, 0.717) is 12.8 Å². The fourth-order valence-corrected chi connectivity index (χ4v) is 2.73. The Balaban J connectivity index is 0.000000488. The Kier molecular flexibility index (Phi) is 8.81. The number of nitrogens with zero attached hydrogens (tertiary/aromatic N) is 2. The van der Waals surface area contributed by atoms with Gasteiger partial charge in [-0.05, 0) is 25.2 Å². The maximum atomic E-state index is 12.4. The van der Waals surface area contributed by atoms with Crippen molar-refractivity contribution in [3.63, 3.8) is 0 Å². The molecule has 26 heavy (non-hydrogen) atoms. The predicted molar refractivity (Wildman–Crippen MR) is 87.5 cm³/mol. The van der Waals surface area contributed by atoms with Crippen LogP contribution >= 0.6 is 0 Å². The zero-order valence-electron chi connectivity index (χ0n) is 15.2. The number of aliphatic imine (C=N–C) groups is 2. The van der Waals surface area contributed by atoms with E-state index in [1.165, 1.54) is 6.92 Å². The number of alkyl halides is 3. The molecule has 0 aromatic rings. The maximum absolute atomic E-state index is 12.4. The van der Waals surface area contributed by atoms with Crippen molar-refractivity contribution < 1.29 is 32.7 Å². The van der Waals surface area contributed by atoms with E-state index in [-0.39, 0.29) is 23.8 Å². The third kappa shape index (κ3) is 7.87. The lowest BCUT2D eigenvalue weighted by Crippen LogP contribution is -2.31. The lowest BCUT2D eigenvalue weighted by molar-refractivity contribution is -0.132. The quantitative estimate of drug-likeness (QED) is 0.584. The van der Waals surface area contributed by atoms with Gasteiger partial charge >= 0.3 is 6.18 Å². The Morgan fingerprint density at radius 3 is 2.00 bits per heavy atom. The van der Waals surface area contributed by atoms with Gasteiger partial charge in [0.2, 0.25) is 12.2 Å². The molecule has 0 spiro atoms. The van der Waals surface area contributed by atoms with Crippen LogP contribution in [0.3, 0.4) is 0 Å². The van der Waals surface area contributed by atoms with E-state index >= 15 is 0 Å². The Hall–Kier alpha value is -2.08. The summed E-state index contributed by atoms with van der Waals surface area (Å²) in [7, 11) is 0. The van der Waals surface area contributed by atoms with E-state index in [2.05, 4.69) is 9.98 Å². The smallest absolute Gasteiger partial charge is 0.350 e. The molecule has 0 fully saturated rings. The van der Waals surface area contributed by atoms with Crippen molar-refractivity contribution >= 4 is 17.9 Å². The van der Waals surface area contributed by atoms with Crippen LogP contribution in [-0.4, -0.2) is 35.1 Å². The predicted octanol–water partition coefficient (Wildman–Crippen LogP) is 3.75. The van der Waals surface area contributed by atoms with Gasteiger partial charge in [0.25, 0.3) is 5.85 Å². The minimum absolute atomic E-state index is 0.0147. The number of carbonyl (C=O) groups is 1. The fraction of sp³-hybridized carbons (Fsp3) is 0.706. The molecule has 0 amide bonds. The molecule has 0 aromatic carbocycles. The highest BCUT2D eigenvalue weighted by Gasteiger charge is 2.44. The average Bonchev–Trinajstić information content (AvgIpc) is 2.42. The number of isocyanates is 2. The molecule has 0 bridgehead atoms. The summed E-state index contributed by atoms with van der Waals surface area (Å²) in [4.78, 5) is 36.9. The molecule has 0 saturated heterocycles. The van der Waals surface area contributed by atoms with Gasteiger partial charge in [-0.3, -0.25) is 4.79 Å². The summed E-state index contributed by atoms with van der Waals surface area (Å²) in [5.41, 5.74) is -1.11. The highest BCUT2D eigenvalue weighted by molar-refractivity contribution is 5.98. The first-order valence-electron chi connectivity index (χ1n) is 8.02. The minimum Gasteiger partial charge on any atom is -0.350 e. The van der Waals surface area contributed by atoms with Gasteiger partial charge in [0.15, 0.2) is 5.78 Å². The topological polar surface area (TPSA) is 96.2 Å². The zero-order chi connectivity index (χ0) is 20.6. The zero-order valence-corrected chi connectivity index (χ0v) is 15.2. The van der Waals surface area contributed by atoms with Crippen LogP contribution in [0.4, 0.5) is 13.2 Å². The normalized spacial score (nSPS) is 18.7. The first kappa shape index (κ1) is 23.9. The number of hydrogen-bond acceptors (Lipinski definition) is 6. The van der Waals surface area contributed by atoms with Gasteiger partial charge in [-0.25, -0.2) is 9.59 Å². The molecular weight excluding hydrogens is 353 g/mol. The van der Waals surface area contributed by atoms with Crippen molar-refractivity contribution in [3.8, 4) is 0 Å². The van der Waals surface area contributed by atoms with Gasteiger partial charge in [-0.2, -0.15) is 13.2 Å². The summed E-state index contributed by atoms with van der Waals surface area (Å²) < 4.78 is 37.2. The molecule has 0 atom stereocenters. The third-order valence-electron chi connectivity index (χ3n) is 3.69. The third-order valence-corrected chi connectivity index (χ3v) is 3.69. The number of aliphatic hydroxyl groups is 1. The van der Waals surface area contributed by atoms with E-state index in [1.54, 1.807) is 0 Å². The number of halogens is 3. The minimum atomic E-state index is -4.49. The van der Waals surface area contributed by atoms with E-state index in [0.717, 1.165) is 18.6 Å². The van der Waals surface area contributed by atoms with E-state index in [9.17, 15) is 32.7 Å². The molecule has 1 rings (SSSR count). The molecule has 0 aromatic heterocycles. The van der Waals surface area contributed by atoms with Crippen molar-refractivity contribution in [1.29, 1.82) is 0 Å². The summed E-state index contributed by atoms with van der Waals surface area (Å²) in [6, 6.07) is 0. The van der Waals surface area contributed by atoms with Gasteiger partial charge in [-0.15, -0.1) is 9.98 Å². The van der Waals surface area contributed by atoms with Crippen molar-refractivity contribution in [1.82, 2.24) is 0 Å². The summed E-state index contributed by atoms with van der Waals surface area (Å²) in [6.45, 7) is 6.90. The largest absolute Gasteiger partial charge is 0.419 e. The maximum Gasteiger partial charge on any atom is 0.419 e. The van der Waals surface area contributed by atoms with Crippen LogP contribution in [0.2, 0.25) is 0 Å². The SMILES string of the molecule is CC1=C(C(F)(F)F)C(=O)CC(C)(C)C1.CCCCC(O)(N=C=O)N=C=O. The van der Waals surface area contributed by atoms with Crippen LogP contribution in [0, 0.1) is 5.41 Å². The standard InChI is InChI=1S/C10H13F3O.C7H10N2O3/c1-6-4-9(2,3)5-7(14)8(6)10(11,12)13;1-2-3-4-7(12,8-5-10)9-6-11/h4-5H2,1-3H3;12H,2-4H2,1H3. The molecule has 0 radical (unpaired) electrons. The molecule has 9 heteroatoms. The van der Waals surface area contributed by atoms with E-state index < -0.39 is 23.4 Å². The molecule has 1 aliphatic rings. The highest BCUT2D eigenvalue weighted by Crippen LogP contribution is 2.42. The van der Waals surface area contributed by atoms with Gasteiger partial charge in [0, 0.05) is 12.8 Å². The van der Waals surface area contributed by atoms with Crippen molar-refractivity contribution in [3.05, 3.63) is 11.1 Å². The monoisotopic (exact) mass is 376 g/mol. The number of allylic oxidation sites excluding steroid dienone is 2. The Bertz CT molecular complexity index is 623. The average molecular weight is 376 g/mol. The first-order valence-corrected chi connectivity index (χ1v) is 8.02. The van der Waals surface area contributed by atoms with Gasteiger partial charge < -0.3 is 5.11 Å². The number of carbonyl (C=O) groups excluding carboxylic acids is 3. The van der Waals surface area contributed by atoms with Crippen LogP contribution in [-0.2, 0) is 14.4 Å². The molecule has 0 saturated carbocycles. The van der Waals surface area contributed by atoms with E-state index in [4.69, 9.17) is 0 Å². The summed E-state index contributed by atoms with van der Waals surface area (Å²) in [5, 5.41) is 9.28. The van der Waals surface area contributed by atoms with Gasteiger partial charge in [0.1, 0.15) is 0 Å². The molecule has 1 N–H and O–H groups in total. The summed E-state index contributed by atoms with van der Waals surface area (Å²) >= 11 is 0. The molecule has 146 valence electrons. The Morgan fingerprint density at radius 2 is 1.65 bits per heavy atom. The first-order chi connectivity index (χ1) is 11.8. The van der Waals surface area contributed by atoms with E-state index in [1.807, 2.05) is 20.8 Å². The Labute approximate surface area is 149 Å². The summed E-state index contributed by atoms with van der Waals surface area (Å²) in [6.07, 6.45) is -0.292. The lowest BCUT2D eigenvalue weighted by Gasteiger charge is -2.31. The van der Waals surface area contributed by atoms with Crippen LogP contribution in [0.1, 0.15) is 59.8 Å². The molecule has 1 aliphatic carbocycles. The number of unbranched alkanes of at least 4 members (excludes halogenated alkanes) is 1. The highest BCUT2D eigenvalue weighted by atomic mass is 19.4. The van der Waals surface area contributed by atoms with Gasteiger partial charge in [0.05, 0.1) is 5.57 Å². The molecule has 0 heterocycles. The summed E-state index contributed by atoms with van der Waals surface area (Å²) in [5.74, 6) is -2.72. The molecule has 0 unspecified atom stereocenters. The number of hydrogen-bond donors (Lipinski definition) is 1. The fourth-order valence-electron chi connectivity index (χ4n) is 2.73. The number of ketones is 1. The molecular formula is C17H23F3N2O4.